The number of H-pyrrole nitrogens is 1. The first-order valence-electron chi connectivity index (χ1n) is 13.7. The van der Waals surface area contributed by atoms with Gasteiger partial charge in [-0.1, -0.05) is 57.8 Å². The molecular formula is C29H39FN4O. The van der Waals surface area contributed by atoms with Gasteiger partial charge in [0, 0.05) is 18.1 Å². The summed E-state index contributed by atoms with van der Waals surface area (Å²) in [4.78, 5) is 14.6. The van der Waals surface area contributed by atoms with Crippen LogP contribution in [0.3, 0.4) is 0 Å². The van der Waals surface area contributed by atoms with Crippen molar-refractivity contribution < 1.29 is 9.13 Å². The number of aromatic nitrogens is 3. The van der Waals surface area contributed by atoms with E-state index < -0.39 is 5.95 Å². The summed E-state index contributed by atoms with van der Waals surface area (Å²) in [5, 5.41) is 0.835. The lowest BCUT2D eigenvalue weighted by molar-refractivity contribution is 0.0985. The second-order valence-corrected chi connectivity index (χ2v) is 10.4. The van der Waals surface area contributed by atoms with Crippen molar-refractivity contribution in [2.45, 2.75) is 89.5 Å². The molecule has 0 radical (unpaired) electrons. The van der Waals surface area contributed by atoms with E-state index in [4.69, 9.17) is 9.72 Å². The molecule has 1 atom stereocenters. The zero-order valence-electron chi connectivity index (χ0n) is 21.1. The van der Waals surface area contributed by atoms with Gasteiger partial charge in [-0.15, -0.1) is 0 Å². The topological polar surface area (TPSA) is 54.0 Å². The molecule has 2 aliphatic rings. The van der Waals surface area contributed by atoms with E-state index in [-0.39, 0.29) is 6.04 Å². The maximum absolute atomic E-state index is 15.2. The second kappa shape index (κ2) is 11.5. The quantitative estimate of drug-likeness (QED) is 0.399. The van der Waals surface area contributed by atoms with Crippen LogP contribution in [-0.2, 0) is 4.74 Å². The lowest BCUT2D eigenvalue weighted by Gasteiger charge is -2.35. The molecule has 2 fully saturated rings. The highest BCUT2D eigenvalue weighted by atomic mass is 19.1. The summed E-state index contributed by atoms with van der Waals surface area (Å²) in [6.07, 6.45) is 17.7. The molecule has 1 aliphatic carbocycles. The number of pyridine rings is 2. The van der Waals surface area contributed by atoms with Crippen molar-refractivity contribution in [1.29, 1.82) is 0 Å². The van der Waals surface area contributed by atoms with Gasteiger partial charge >= 0.3 is 0 Å². The Morgan fingerprint density at radius 2 is 1.71 bits per heavy atom. The van der Waals surface area contributed by atoms with Gasteiger partial charge in [-0.2, -0.15) is 4.39 Å². The predicted molar refractivity (Wildman–Crippen MR) is 140 cm³/mol. The van der Waals surface area contributed by atoms with Crippen LogP contribution in [0.15, 0.2) is 30.6 Å². The lowest BCUT2D eigenvalue weighted by atomic mass is 9.87. The summed E-state index contributed by atoms with van der Waals surface area (Å²) in [6.45, 7) is 4.36. The van der Waals surface area contributed by atoms with Gasteiger partial charge in [-0.05, 0) is 49.4 Å². The van der Waals surface area contributed by atoms with Crippen molar-refractivity contribution in [3.8, 4) is 11.3 Å². The van der Waals surface area contributed by atoms with Crippen molar-refractivity contribution >= 4 is 16.7 Å². The van der Waals surface area contributed by atoms with Crippen LogP contribution >= 0.6 is 0 Å². The number of hydrogen-bond acceptors (Lipinski definition) is 4. The molecule has 35 heavy (non-hydrogen) atoms. The van der Waals surface area contributed by atoms with Gasteiger partial charge in [-0.25, -0.2) is 9.97 Å². The van der Waals surface area contributed by atoms with Crippen LogP contribution in [0.4, 0.5) is 10.2 Å². The highest BCUT2D eigenvalue weighted by Gasteiger charge is 2.24. The number of fused-ring (bicyclic) bond motifs is 1. The number of morpholine rings is 1. The first-order valence-corrected chi connectivity index (χ1v) is 13.7. The molecule has 5 rings (SSSR count). The minimum absolute atomic E-state index is 0.238. The molecule has 1 saturated heterocycles. The molecule has 0 aromatic carbocycles. The monoisotopic (exact) mass is 478 g/mol. The molecule has 1 saturated carbocycles. The Balaban J connectivity index is 1.56. The Morgan fingerprint density at radius 3 is 2.43 bits per heavy atom. The third kappa shape index (κ3) is 5.69. The van der Waals surface area contributed by atoms with E-state index >= 15 is 4.39 Å². The van der Waals surface area contributed by atoms with Gasteiger partial charge in [0.05, 0.1) is 42.2 Å². The number of nitrogens with one attached hydrogen (secondary N) is 1. The molecule has 0 amide bonds. The summed E-state index contributed by atoms with van der Waals surface area (Å²) >= 11 is 0. The molecule has 5 nitrogen and oxygen atoms in total. The lowest BCUT2D eigenvalue weighted by Crippen LogP contribution is -2.44. The highest BCUT2D eigenvalue weighted by Crippen LogP contribution is 2.36. The number of hydrogen-bond donors (Lipinski definition) is 1. The van der Waals surface area contributed by atoms with Gasteiger partial charge in [0.25, 0.3) is 0 Å². The smallest absolute Gasteiger partial charge is 0.223 e. The minimum atomic E-state index is -0.457. The summed E-state index contributed by atoms with van der Waals surface area (Å²) in [5.74, 6) is 0.959. The van der Waals surface area contributed by atoms with E-state index in [0.717, 1.165) is 23.3 Å². The molecule has 0 bridgehead atoms. The summed E-state index contributed by atoms with van der Waals surface area (Å²) < 4.78 is 20.9. The fraction of sp³-hybridized carbons (Fsp3) is 0.586. The van der Waals surface area contributed by atoms with Gasteiger partial charge < -0.3 is 14.6 Å². The van der Waals surface area contributed by atoms with E-state index in [1.165, 1.54) is 76.2 Å². The number of halogens is 1. The van der Waals surface area contributed by atoms with Crippen LogP contribution in [0.2, 0.25) is 0 Å². The fourth-order valence-electron chi connectivity index (χ4n) is 5.86. The Labute approximate surface area is 208 Å². The molecule has 1 aliphatic heterocycles. The molecule has 0 spiro atoms. The molecule has 188 valence electrons. The van der Waals surface area contributed by atoms with Crippen molar-refractivity contribution in [2.24, 2.45) is 0 Å². The second-order valence-electron chi connectivity index (χ2n) is 10.4. The van der Waals surface area contributed by atoms with Crippen molar-refractivity contribution in [3.63, 3.8) is 0 Å². The van der Waals surface area contributed by atoms with E-state index in [1.807, 2.05) is 12.3 Å². The van der Waals surface area contributed by atoms with Crippen molar-refractivity contribution in [2.75, 3.05) is 24.7 Å². The van der Waals surface area contributed by atoms with Crippen LogP contribution in [0.25, 0.3) is 22.2 Å². The molecule has 6 heteroatoms. The normalized spacial score (nSPS) is 21.5. The van der Waals surface area contributed by atoms with Crippen LogP contribution < -0.4 is 4.90 Å². The molecule has 3 aromatic heterocycles. The van der Waals surface area contributed by atoms with E-state index in [2.05, 4.69) is 33.9 Å². The Hall–Kier alpha value is -2.47. The van der Waals surface area contributed by atoms with Crippen LogP contribution in [0.5, 0.6) is 0 Å². The number of aromatic amines is 1. The van der Waals surface area contributed by atoms with E-state index in [0.29, 0.717) is 30.4 Å². The third-order valence-electron chi connectivity index (χ3n) is 7.89. The highest BCUT2D eigenvalue weighted by molar-refractivity contribution is 5.93. The summed E-state index contributed by atoms with van der Waals surface area (Å²) in [7, 11) is 0. The predicted octanol–water partition coefficient (Wildman–Crippen LogP) is 7.38. The molecule has 0 unspecified atom stereocenters. The Morgan fingerprint density at radius 1 is 1.00 bits per heavy atom. The maximum atomic E-state index is 15.2. The third-order valence-corrected chi connectivity index (χ3v) is 7.89. The zero-order chi connectivity index (χ0) is 24.0. The largest absolute Gasteiger partial charge is 0.377 e. The number of nitrogens with zero attached hydrogens (tertiary/aromatic N) is 3. The molecule has 4 heterocycles. The number of rotatable bonds is 3. The Kier molecular flexibility index (Phi) is 7.97. The van der Waals surface area contributed by atoms with Crippen LogP contribution in [0.1, 0.15) is 89.0 Å². The van der Waals surface area contributed by atoms with Crippen molar-refractivity contribution in [3.05, 3.63) is 42.1 Å². The molecule has 3 aromatic rings. The summed E-state index contributed by atoms with van der Waals surface area (Å²) in [5.41, 5.74) is 3.33. The van der Waals surface area contributed by atoms with E-state index in [1.54, 1.807) is 6.20 Å². The molecule has 1 N–H and O–H groups in total. The minimum Gasteiger partial charge on any atom is -0.377 e. The van der Waals surface area contributed by atoms with E-state index in [9.17, 15) is 0 Å². The molecular weight excluding hydrogens is 439 g/mol. The first kappa shape index (κ1) is 24.2. The van der Waals surface area contributed by atoms with Gasteiger partial charge in [0.1, 0.15) is 5.82 Å². The van der Waals surface area contributed by atoms with Crippen LogP contribution in [0, 0.1) is 5.95 Å². The SMILES string of the molecule is C[C@@H]1COCCN1c1cc(C2CCCCCCCCCCC2)cc(-c2c(F)ncc3[nH]ccc23)n1. The van der Waals surface area contributed by atoms with Crippen molar-refractivity contribution in [1.82, 2.24) is 15.0 Å². The Bertz CT molecular complexity index is 1100. The maximum Gasteiger partial charge on any atom is 0.223 e. The number of ether oxygens (including phenoxy) is 1. The van der Waals surface area contributed by atoms with Crippen LogP contribution in [-0.4, -0.2) is 40.8 Å². The number of anilines is 1. The van der Waals surface area contributed by atoms with Gasteiger partial charge in [-0.3, -0.25) is 0 Å². The summed E-state index contributed by atoms with van der Waals surface area (Å²) in [6, 6.07) is 6.60. The van der Waals surface area contributed by atoms with Gasteiger partial charge in [0.15, 0.2) is 0 Å². The zero-order valence-corrected chi connectivity index (χ0v) is 21.1. The van der Waals surface area contributed by atoms with Gasteiger partial charge in [0.2, 0.25) is 5.95 Å². The fourth-order valence-corrected chi connectivity index (χ4v) is 5.86. The average Bonchev–Trinajstić information content (AvgIpc) is 3.33. The standard InChI is InChI=1S/C29H39FN4O/c1-21-20-35-16-15-34(21)27-18-23(22-11-9-7-5-3-2-4-6-8-10-12-22)17-25(33-27)28-24-13-14-31-26(24)19-32-29(28)30/h13-14,17-19,21-22,31H,2-12,15-16,20H2,1H3/t21-/m1/s1. The average molecular weight is 479 g/mol. The first-order chi connectivity index (χ1) is 17.2.